The summed E-state index contributed by atoms with van der Waals surface area (Å²) in [7, 11) is 0. The van der Waals surface area contributed by atoms with Crippen molar-refractivity contribution in [2.45, 2.75) is 13.5 Å². The van der Waals surface area contributed by atoms with Crippen LogP contribution < -0.4 is 10.5 Å². The molecule has 2 aromatic carbocycles. The SMILES string of the molecule is Cc1ccc(/C(N)=N/O)cc1OCc1c(F)cccc1F. The van der Waals surface area contributed by atoms with Gasteiger partial charge in [0, 0.05) is 5.56 Å². The lowest BCUT2D eigenvalue weighted by Gasteiger charge is -2.11. The molecule has 0 saturated carbocycles. The summed E-state index contributed by atoms with van der Waals surface area (Å²) >= 11 is 0. The highest BCUT2D eigenvalue weighted by atomic mass is 19.1. The average molecular weight is 292 g/mol. The highest BCUT2D eigenvalue weighted by Gasteiger charge is 2.11. The summed E-state index contributed by atoms with van der Waals surface area (Å²) in [6, 6.07) is 8.53. The Morgan fingerprint density at radius 2 is 1.90 bits per heavy atom. The van der Waals surface area contributed by atoms with Crippen LogP contribution in [-0.2, 0) is 6.61 Å². The Labute approximate surface area is 120 Å². The summed E-state index contributed by atoms with van der Waals surface area (Å²) in [5.74, 6) is -1.00. The van der Waals surface area contributed by atoms with Crippen molar-refractivity contribution < 1.29 is 18.7 Å². The van der Waals surface area contributed by atoms with Crippen molar-refractivity contribution in [2.24, 2.45) is 10.9 Å². The van der Waals surface area contributed by atoms with Gasteiger partial charge in [-0.15, -0.1) is 0 Å². The maximum atomic E-state index is 13.5. The summed E-state index contributed by atoms with van der Waals surface area (Å²) in [5, 5.41) is 11.5. The highest BCUT2D eigenvalue weighted by Crippen LogP contribution is 2.22. The molecular weight excluding hydrogens is 278 g/mol. The van der Waals surface area contributed by atoms with Crippen molar-refractivity contribution in [3.05, 3.63) is 64.7 Å². The van der Waals surface area contributed by atoms with Crippen molar-refractivity contribution in [3.63, 3.8) is 0 Å². The van der Waals surface area contributed by atoms with E-state index in [-0.39, 0.29) is 18.0 Å². The quantitative estimate of drug-likeness (QED) is 0.394. The topological polar surface area (TPSA) is 67.8 Å². The van der Waals surface area contributed by atoms with Gasteiger partial charge in [0.25, 0.3) is 0 Å². The molecule has 0 atom stereocenters. The Morgan fingerprint density at radius 1 is 1.24 bits per heavy atom. The van der Waals surface area contributed by atoms with Crippen LogP contribution in [0.25, 0.3) is 0 Å². The fourth-order valence-corrected chi connectivity index (χ4v) is 1.79. The van der Waals surface area contributed by atoms with E-state index >= 15 is 0 Å². The molecule has 0 aliphatic carbocycles. The molecule has 2 aromatic rings. The Morgan fingerprint density at radius 3 is 2.52 bits per heavy atom. The van der Waals surface area contributed by atoms with Gasteiger partial charge in [0.2, 0.25) is 0 Å². The van der Waals surface area contributed by atoms with Gasteiger partial charge in [-0.1, -0.05) is 23.4 Å². The van der Waals surface area contributed by atoms with Gasteiger partial charge >= 0.3 is 0 Å². The zero-order valence-corrected chi connectivity index (χ0v) is 11.3. The zero-order valence-electron chi connectivity index (χ0n) is 11.3. The summed E-state index contributed by atoms with van der Waals surface area (Å²) in [6.07, 6.45) is 0. The number of benzene rings is 2. The predicted molar refractivity (Wildman–Crippen MR) is 74.4 cm³/mol. The van der Waals surface area contributed by atoms with Gasteiger partial charge < -0.3 is 15.7 Å². The van der Waals surface area contributed by atoms with Gasteiger partial charge in [0.15, 0.2) is 5.84 Å². The molecule has 0 bridgehead atoms. The second-order valence-corrected chi connectivity index (χ2v) is 4.45. The van der Waals surface area contributed by atoms with Crippen molar-refractivity contribution in [3.8, 4) is 5.75 Å². The van der Waals surface area contributed by atoms with Crippen LogP contribution in [-0.4, -0.2) is 11.0 Å². The van der Waals surface area contributed by atoms with Crippen LogP contribution in [0.4, 0.5) is 8.78 Å². The largest absolute Gasteiger partial charge is 0.488 e. The number of aryl methyl sites for hydroxylation is 1. The predicted octanol–water partition coefficient (Wildman–Crippen LogP) is 2.95. The standard InChI is InChI=1S/C15H14F2N2O2/c1-9-5-6-10(15(18)19-20)7-14(9)21-8-11-12(16)3-2-4-13(11)17/h2-7,20H,8H2,1H3,(H2,18,19). The molecule has 0 radical (unpaired) electrons. The van der Waals surface area contributed by atoms with E-state index in [9.17, 15) is 8.78 Å². The molecule has 4 nitrogen and oxygen atoms in total. The van der Waals surface area contributed by atoms with E-state index in [4.69, 9.17) is 15.7 Å². The maximum Gasteiger partial charge on any atom is 0.170 e. The third-order valence-electron chi connectivity index (χ3n) is 3.03. The molecule has 6 heteroatoms. The molecule has 0 heterocycles. The van der Waals surface area contributed by atoms with Crippen LogP contribution >= 0.6 is 0 Å². The van der Waals surface area contributed by atoms with Crippen LogP contribution in [0.5, 0.6) is 5.75 Å². The molecule has 0 aromatic heterocycles. The van der Waals surface area contributed by atoms with Crippen LogP contribution in [0.2, 0.25) is 0 Å². The number of ether oxygens (including phenoxy) is 1. The Kier molecular flexibility index (Phi) is 4.37. The lowest BCUT2D eigenvalue weighted by Crippen LogP contribution is -2.13. The molecule has 110 valence electrons. The van der Waals surface area contributed by atoms with Gasteiger partial charge in [-0.3, -0.25) is 0 Å². The van der Waals surface area contributed by atoms with E-state index < -0.39 is 11.6 Å². The van der Waals surface area contributed by atoms with Gasteiger partial charge in [0.1, 0.15) is 24.0 Å². The molecule has 2 rings (SSSR count). The molecule has 21 heavy (non-hydrogen) atoms. The Hall–Kier alpha value is -2.63. The smallest absolute Gasteiger partial charge is 0.170 e. The van der Waals surface area contributed by atoms with Gasteiger partial charge in [0.05, 0.1) is 5.56 Å². The second kappa shape index (κ2) is 6.21. The molecule has 0 saturated heterocycles. The first kappa shape index (κ1) is 14.8. The number of halogens is 2. The Balaban J connectivity index is 2.24. The third-order valence-corrected chi connectivity index (χ3v) is 3.03. The molecular formula is C15H14F2N2O2. The molecule has 3 N–H and O–H groups in total. The minimum absolute atomic E-state index is 0.0723. The summed E-state index contributed by atoms with van der Waals surface area (Å²) < 4.78 is 32.5. The van der Waals surface area contributed by atoms with Gasteiger partial charge in [-0.05, 0) is 30.7 Å². The normalized spacial score (nSPS) is 11.5. The van der Waals surface area contributed by atoms with Crippen molar-refractivity contribution in [2.75, 3.05) is 0 Å². The first-order chi connectivity index (χ1) is 10.0. The average Bonchev–Trinajstić information content (AvgIpc) is 2.47. The zero-order chi connectivity index (χ0) is 15.4. The number of nitrogens with two attached hydrogens (primary N) is 1. The van der Waals surface area contributed by atoms with Crippen molar-refractivity contribution in [1.82, 2.24) is 0 Å². The van der Waals surface area contributed by atoms with E-state index in [0.29, 0.717) is 11.3 Å². The first-order valence-corrected chi connectivity index (χ1v) is 6.17. The molecule has 0 fully saturated rings. The number of hydrogen-bond acceptors (Lipinski definition) is 3. The number of rotatable bonds is 4. The second-order valence-electron chi connectivity index (χ2n) is 4.45. The van der Waals surface area contributed by atoms with E-state index in [2.05, 4.69) is 5.16 Å². The number of nitrogens with zero attached hydrogens (tertiary/aromatic N) is 1. The van der Waals surface area contributed by atoms with E-state index in [1.807, 2.05) is 0 Å². The first-order valence-electron chi connectivity index (χ1n) is 6.17. The molecule has 0 unspecified atom stereocenters. The van der Waals surface area contributed by atoms with Crippen LogP contribution in [0.1, 0.15) is 16.7 Å². The number of hydrogen-bond donors (Lipinski definition) is 2. The summed E-state index contributed by atoms with van der Waals surface area (Å²) in [5.41, 5.74) is 6.56. The van der Waals surface area contributed by atoms with Crippen LogP contribution in [0, 0.1) is 18.6 Å². The van der Waals surface area contributed by atoms with Crippen LogP contribution in [0.3, 0.4) is 0 Å². The highest BCUT2D eigenvalue weighted by molar-refractivity contribution is 5.97. The van der Waals surface area contributed by atoms with E-state index in [1.165, 1.54) is 18.2 Å². The molecule has 0 spiro atoms. The van der Waals surface area contributed by atoms with Crippen LogP contribution in [0.15, 0.2) is 41.6 Å². The fourth-order valence-electron chi connectivity index (χ4n) is 1.79. The van der Waals surface area contributed by atoms with E-state index in [1.54, 1.807) is 25.1 Å². The Bertz CT molecular complexity index is 667. The molecule has 0 aliphatic heterocycles. The van der Waals surface area contributed by atoms with Crippen molar-refractivity contribution in [1.29, 1.82) is 0 Å². The summed E-state index contributed by atoms with van der Waals surface area (Å²) in [4.78, 5) is 0. The maximum absolute atomic E-state index is 13.5. The van der Waals surface area contributed by atoms with Crippen molar-refractivity contribution >= 4 is 5.84 Å². The molecule has 0 amide bonds. The summed E-state index contributed by atoms with van der Waals surface area (Å²) in [6.45, 7) is 1.53. The minimum atomic E-state index is -0.666. The number of oxime groups is 1. The van der Waals surface area contributed by atoms with Gasteiger partial charge in [-0.25, -0.2) is 8.78 Å². The fraction of sp³-hybridized carbons (Fsp3) is 0.133. The lowest BCUT2D eigenvalue weighted by molar-refractivity contribution is 0.290. The minimum Gasteiger partial charge on any atom is -0.488 e. The van der Waals surface area contributed by atoms with E-state index in [0.717, 1.165) is 5.56 Å². The van der Waals surface area contributed by atoms with Gasteiger partial charge in [-0.2, -0.15) is 0 Å². The number of amidine groups is 1. The monoisotopic (exact) mass is 292 g/mol. The lowest BCUT2D eigenvalue weighted by atomic mass is 10.1. The molecule has 0 aliphatic rings. The third kappa shape index (κ3) is 3.28.